The Morgan fingerprint density at radius 2 is 1.91 bits per heavy atom. The first kappa shape index (κ1) is 19.0. The smallest absolute Gasteiger partial charge is 0.390 e. The minimum atomic E-state index is -4.30. The Kier molecular flexibility index (Phi) is 6.90. The summed E-state index contributed by atoms with van der Waals surface area (Å²) >= 11 is 0. The molecule has 1 aromatic carbocycles. The molecule has 0 saturated carbocycles. The molecule has 1 aliphatic heterocycles. The summed E-state index contributed by atoms with van der Waals surface area (Å²) in [6.45, 7) is 2.30. The molecule has 1 saturated heterocycles. The van der Waals surface area contributed by atoms with E-state index in [-0.39, 0.29) is 18.2 Å². The molecule has 0 amide bonds. The van der Waals surface area contributed by atoms with Crippen molar-refractivity contribution in [1.82, 2.24) is 10.2 Å². The van der Waals surface area contributed by atoms with Gasteiger partial charge in [-0.25, -0.2) is 4.39 Å². The third kappa shape index (κ3) is 5.00. The van der Waals surface area contributed by atoms with E-state index in [1.54, 1.807) is 4.90 Å². The van der Waals surface area contributed by atoms with Crippen LogP contribution >= 0.6 is 12.4 Å². The summed E-state index contributed by atoms with van der Waals surface area (Å²) in [5.74, 6) is -0.371. The molecule has 1 heterocycles. The van der Waals surface area contributed by atoms with Gasteiger partial charge < -0.3 is 10.1 Å². The van der Waals surface area contributed by atoms with E-state index in [1.807, 2.05) is 0 Å². The van der Waals surface area contributed by atoms with E-state index in [4.69, 9.17) is 4.74 Å². The van der Waals surface area contributed by atoms with E-state index in [0.717, 1.165) is 6.07 Å². The number of hydrogen-bond acceptors (Lipinski definition) is 3. The third-order valence-corrected chi connectivity index (χ3v) is 3.57. The molecule has 0 aliphatic carbocycles. The molecule has 0 unspecified atom stereocenters. The molecule has 1 atom stereocenters. The Morgan fingerprint density at radius 3 is 2.45 bits per heavy atom. The van der Waals surface area contributed by atoms with Gasteiger partial charge in [-0.05, 0) is 6.07 Å². The zero-order chi connectivity index (χ0) is 15.5. The lowest BCUT2D eigenvalue weighted by Gasteiger charge is -2.36. The van der Waals surface area contributed by atoms with Crippen molar-refractivity contribution in [2.75, 3.05) is 33.3 Å². The lowest BCUT2D eigenvalue weighted by Crippen LogP contribution is -2.46. The van der Waals surface area contributed by atoms with E-state index in [0.29, 0.717) is 31.7 Å². The zero-order valence-electron chi connectivity index (χ0n) is 12.1. The minimum absolute atomic E-state index is 0. The summed E-state index contributed by atoms with van der Waals surface area (Å²) < 4.78 is 57.0. The summed E-state index contributed by atoms with van der Waals surface area (Å²) in [6, 6.07) is 2.82. The lowest BCUT2D eigenvalue weighted by molar-refractivity contribution is -0.148. The van der Waals surface area contributed by atoms with E-state index >= 15 is 0 Å². The molecule has 1 aromatic rings. The van der Waals surface area contributed by atoms with Crippen LogP contribution in [0.5, 0.6) is 5.75 Å². The highest BCUT2D eigenvalue weighted by Crippen LogP contribution is 2.38. The van der Waals surface area contributed by atoms with Crippen LogP contribution in [0.2, 0.25) is 0 Å². The highest BCUT2D eigenvalue weighted by Gasteiger charge is 2.37. The van der Waals surface area contributed by atoms with E-state index in [2.05, 4.69) is 5.32 Å². The van der Waals surface area contributed by atoms with E-state index in [1.165, 1.54) is 19.2 Å². The van der Waals surface area contributed by atoms with Gasteiger partial charge in [-0.15, -0.1) is 12.4 Å². The Balaban J connectivity index is 0.00000242. The maximum absolute atomic E-state index is 13.3. The fraction of sp³-hybridized carbons (Fsp3) is 0.571. The van der Waals surface area contributed by atoms with E-state index in [9.17, 15) is 17.6 Å². The van der Waals surface area contributed by atoms with Crippen molar-refractivity contribution in [3.05, 3.63) is 29.6 Å². The normalized spacial score (nSPS) is 17.7. The number of alkyl halides is 3. The predicted octanol–water partition coefficient (Wildman–Crippen LogP) is 3.15. The molecule has 0 bridgehead atoms. The molecule has 2 rings (SSSR count). The van der Waals surface area contributed by atoms with Crippen LogP contribution in [-0.2, 0) is 0 Å². The highest BCUT2D eigenvalue weighted by atomic mass is 35.5. The maximum Gasteiger partial charge on any atom is 0.390 e. The lowest BCUT2D eigenvalue weighted by atomic mass is 9.99. The molecule has 22 heavy (non-hydrogen) atoms. The molecular formula is C14H19ClF4N2O. The van der Waals surface area contributed by atoms with Gasteiger partial charge in [0.2, 0.25) is 0 Å². The summed E-state index contributed by atoms with van der Waals surface area (Å²) in [5, 5.41) is 3.11. The van der Waals surface area contributed by atoms with Crippen LogP contribution in [0.4, 0.5) is 17.6 Å². The van der Waals surface area contributed by atoms with Crippen LogP contribution in [0.15, 0.2) is 18.2 Å². The van der Waals surface area contributed by atoms with Gasteiger partial charge in [-0.1, -0.05) is 6.07 Å². The van der Waals surface area contributed by atoms with Gasteiger partial charge in [0.05, 0.1) is 13.5 Å². The molecule has 0 aromatic heterocycles. The summed E-state index contributed by atoms with van der Waals surface area (Å²) in [7, 11) is 1.33. The number of nitrogens with one attached hydrogen (secondary N) is 1. The molecule has 1 fully saturated rings. The van der Waals surface area contributed by atoms with Gasteiger partial charge in [0.25, 0.3) is 0 Å². The molecule has 1 N–H and O–H groups in total. The van der Waals surface area contributed by atoms with Crippen molar-refractivity contribution in [2.45, 2.75) is 18.6 Å². The Hall–Kier alpha value is -1.05. The van der Waals surface area contributed by atoms with Crippen LogP contribution < -0.4 is 10.1 Å². The predicted molar refractivity (Wildman–Crippen MR) is 78.1 cm³/mol. The third-order valence-electron chi connectivity index (χ3n) is 3.57. The number of halogens is 5. The van der Waals surface area contributed by atoms with Crippen LogP contribution in [-0.4, -0.2) is 44.4 Å². The van der Waals surface area contributed by atoms with Crippen LogP contribution in [0.3, 0.4) is 0 Å². The fourth-order valence-corrected chi connectivity index (χ4v) is 2.61. The zero-order valence-corrected chi connectivity index (χ0v) is 12.9. The number of ether oxygens (including phenoxy) is 1. The standard InChI is InChI=1S/C14H18F4N2O.ClH/c1-21-13-8-10(15)2-3-11(13)12(9-14(16,17)18)20-6-4-19-5-7-20;/h2-3,8,12,19H,4-7,9H2,1H3;1H/t12-;/m1./s1. The molecule has 126 valence electrons. The van der Waals surface area contributed by atoms with Crippen LogP contribution in [0.1, 0.15) is 18.0 Å². The molecule has 1 aliphatic rings. The minimum Gasteiger partial charge on any atom is -0.496 e. The van der Waals surface area contributed by atoms with Crippen LogP contribution in [0, 0.1) is 5.82 Å². The monoisotopic (exact) mass is 342 g/mol. The van der Waals surface area contributed by atoms with Gasteiger partial charge >= 0.3 is 6.18 Å². The summed E-state index contributed by atoms with van der Waals surface area (Å²) in [6.07, 6.45) is -5.27. The van der Waals surface area contributed by atoms with Gasteiger partial charge in [0, 0.05) is 43.9 Å². The Bertz CT molecular complexity index is 478. The molecule has 0 radical (unpaired) electrons. The van der Waals surface area contributed by atoms with Crippen molar-refractivity contribution in [2.24, 2.45) is 0 Å². The van der Waals surface area contributed by atoms with Crippen molar-refractivity contribution < 1.29 is 22.3 Å². The van der Waals surface area contributed by atoms with Crippen molar-refractivity contribution in [1.29, 1.82) is 0 Å². The first-order chi connectivity index (χ1) is 9.90. The number of rotatable bonds is 4. The highest BCUT2D eigenvalue weighted by molar-refractivity contribution is 5.85. The van der Waals surface area contributed by atoms with E-state index < -0.39 is 24.5 Å². The van der Waals surface area contributed by atoms with Gasteiger partial charge in [-0.2, -0.15) is 13.2 Å². The number of benzene rings is 1. The second-order valence-corrected chi connectivity index (χ2v) is 5.01. The van der Waals surface area contributed by atoms with Crippen molar-refractivity contribution in [3.8, 4) is 5.75 Å². The Labute approximate surface area is 133 Å². The number of hydrogen-bond donors (Lipinski definition) is 1. The number of nitrogens with zero attached hydrogens (tertiary/aromatic N) is 1. The quantitative estimate of drug-likeness (QED) is 0.851. The summed E-state index contributed by atoms with van der Waals surface area (Å²) in [4.78, 5) is 1.76. The summed E-state index contributed by atoms with van der Waals surface area (Å²) in [5.41, 5.74) is 0.373. The fourth-order valence-electron chi connectivity index (χ4n) is 2.61. The largest absolute Gasteiger partial charge is 0.496 e. The van der Waals surface area contributed by atoms with Gasteiger partial charge in [-0.3, -0.25) is 4.90 Å². The SMILES string of the molecule is COc1cc(F)ccc1[C@@H](CC(F)(F)F)N1CCNCC1.Cl. The first-order valence-corrected chi connectivity index (χ1v) is 6.75. The second kappa shape index (κ2) is 7.99. The van der Waals surface area contributed by atoms with Gasteiger partial charge in [0.1, 0.15) is 11.6 Å². The first-order valence-electron chi connectivity index (χ1n) is 6.75. The second-order valence-electron chi connectivity index (χ2n) is 5.01. The molecular weight excluding hydrogens is 324 g/mol. The molecule has 8 heteroatoms. The van der Waals surface area contributed by atoms with Crippen LogP contribution in [0.25, 0.3) is 0 Å². The average molecular weight is 343 g/mol. The number of methoxy groups -OCH3 is 1. The van der Waals surface area contributed by atoms with Crippen molar-refractivity contribution >= 4 is 12.4 Å². The number of piperazine rings is 1. The van der Waals surface area contributed by atoms with Crippen molar-refractivity contribution in [3.63, 3.8) is 0 Å². The Morgan fingerprint density at radius 1 is 1.27 bits per heavy atom. The topological polar surface area (TPSA) is 24.5 Å². The molecule has 3 nitrogen and oxygen atoms in total. The molecule has 0 spiro atoms. The maximum atomic E-state index is 13.3. The average Bonchev–Trinajstić information content (AvgIpc) is 2.45. The van der Waals surface area contributed by atoms with Gasteiger partial charge in [0.15, 0.2) is 0 Å².